The number of nitrogens with zero attached hydrogens (tertiary/aromatic N) is 1. The van der Waals surface area contributed by atoms with Gasteiger partial charge in [0.25, 0.3) is 0 Å². The molecule has 2 aromatic rings. The molecule has 41 heavy (non-hydrogen) atoms. The number of aliphatic hydroxyl groups is 1. The van der Waals surface area contributed by atoms with Crippen molar-refractivity contribution in [1.29, 1.82) is 0 Å². The maximum absolute atomic E-state index is 14.5. The fraction of sp³-hybridized carbons (Fsp3) is 0.545. The molecule has 3 amide bonds. The van der Waals surface area contributed by atoms with Crippen LogP contribution in [0.2, 0.25) is 0 Å². The Hall–Kier alpha value is -3.23. The van der Waals surface area contributed by atoms with Crippen LogP contribution < -0.4 is 10.6 Å². The number of nitrogens with one attached hydrogen (secondary N) is 2. The van der Waals surface area contributed by atoms with Crippen molar-refractivity contribution in [3.63, 3.8) is 0 Å². The van der Waals surface area contributed by atoms with Crippen LogP contribution in [0.25, 0.3) is 0 Å². The molecule has 0 radical (unpaired) electrons. The molecule has 4 aliphatic rings. The van der Waals surface area contributed by atoms with Crippen molar-refractivity contribution in [2.24, 2.45) is 11.8 Å². The lowest BCUT2D eigenvalue weighted by atomic mass is 9.66. The summed E-state index contributed by atoms with van der Waals surface area (Å²) in [5.74, 6) is -2.24. The van der Waals surface area contributed by atoms with Crippen LogP contribution in [0.4, 0.5) is 0 Å². The lowest BCUT2D eigenvalue weighted by Crippen LogP contribution is -2.59. The molecule has 3 aliphatic heterocycles. The molecule has 2 bridgehead atoms. The van der Waals surface area contributed by atoms with E-state index < -0.39 is 35.1 Å². The molecule has 6 atom stereocenters. The van der Waals surface area contributed by atoms with E-state index in [0.717, 1.165) is 43.2 Å². The first-order valence-electron chi connectivity index (χ1n) is 15.2. The summed E-state index contributed by atoms with van der Waals surface area (Å²) in [6, 6.07) is 17.9. The van der Waals surface area contributed by atoms with Crippen LogP contribution in [0.3, 0.4) is 0 Å². The topological polar surface area (TPSA) is 108 Å². The number of hydrogen-bond acceptors (Lipinski definition) is 5. The van der Waals surface area contributed by atoms with Gasteiger partial charge < -0.3 is 25.4 Å². The minimum absolute atomic E-state index is 0.0597. The highest BCUT2D eigenvalue weighted by Crippen LogP contribution is 2.63. The fourth-order valence-corrected chi connectivity index (χ4v) is 8.02. The largest absolute Gasteiger partial charge is 0.394 e. The molecule has 3 saturated heterocycles. The Bertz CT molecular complexity index is 1270. The highest BCUT2D eigenvalue weighted by Gasteiger charge is 2.78. The molecule has 1 aliphatic carbocycles. The van der Waals surface area contributed by atoms with Gasteiger partial charge in [0.15, 0.2) is 0 Å². The number of aliphatic hydroxyl groups excluding tert-OH is 1. The summed E-state index contributed by atoms with van der Waals surface area (Å²) in [7, 11) is 0. The number of rotatable bonds is 9. The van der Waals surface area contributed by atoms with Gasteiger partial charge in [-0.3, -0.25) is 14.4 Å². The van der Waals surface area contributed by atoms with Gasteiger partial charge in [-0.1, -0.05) is 79.9 Å². The Morgan fingerprint density at radius 2 is 1.63 bits per heavy atom. The van der Waals surface area contributed by atoms with Crippen LogP contribution in [0.15, 0.2) is 60.7 Å². The molecule has 8 heteroatoms. The summed E-state index contributed by atoms with van der Waals surface area (Å²) in [5.41, 5.74) is -0.0134. The minimum Gasteiger partial charge on any atom is -0.394 e. The monoisotopic (exact) mass is 559 g/mol. The molecule has 1 spiro atoms. The maximum atomic E-state index is 14.5. The van der Waals surface area contributed by atoms with Crippen LogP contribution in [0.1, 0.15) is 63.0 Å². The van der Waals surface area contributed by atoms with E-state index in [1.54, 1.807) is 4.90 Å². The maximum Gasteiger partial charge on any atom is 0.246 e. The van der Waals surface area contributed by atoms with Gasteiger partial charge in [-0.25, -0.2) is 0 Å². The number of ether oxygens (including phenoxy) is 1. The van der Waals surface area contributed by atoms with Crippen LogP contribution in [-0.2, 0) is 32.1 Å². The Balaban J connectivity index is 1.33. The minimum atomic E-state index is -1.11. The molecule has 0 aromatic heterocycles. The highest BCUT2D eigenvalue weighted by molar-refractivity contribution is 5.99. The van der Waals surface area contributed by atoms with Crippen LogP contribution in [0.5, 0.6) is 0 Å². The van der Waals surface area contributed by atoms with E-state index in [4.69, 9.17) is 4.74 Å². The molecular formula is C33H41N3O5. The third-order valence-corrected chi connectivity index (χ3v) is 9.92. The summed E-state index contributed by atoms with van der Waals surface area (Å²) in [4.78, 5) is 44.1. The second kappa shape index (κ2) is 11.2. The lowest BCUT2D eigenvalue weighted by Gasteiger charge is -2.38. The predicted molar refractivity (Wildman–Crippen MR) is 153 cm³/mol. The first-order chi connectivity index (χ1) is 19.9. The second-order valence-corrected chi connectivity index (χ2v) is 12.5. The highest BCUT2D eigenvalue weighted by atomic mass is 16.5. The average molecular weight is 560 g/mol. The molecule has 8 nitrogen and oxygen atoms in total. The lowest BCUT2D eigenvalue weighted by molar-refractivity contribution is -0.150. The Labute approximate surface area is 241 Å². The predicted octanol–water partition coefficient (Wildman–Crippen LogP) is 3.12. The quantitative estimate of drug-likeness (QED) is 0.438. The number of amides is 3. The SMILES string of the molecule is C[C@@]12CCC3(O1)C(C(=O)NC1CCCCC1)N([C@@H](CO)Cc1ccccc1)C(=O)[C@@H]3[C@@H]2C(=O)NCc1ccccc1. The van der Waals surface area contributed by atoms with Gasteiger partial charge in [0.1, 0.15) is 11.6 Å². The zero-order valence-corrected chi connectivity index (χ0v) is 23.8. The fourth-order valence-electron chi connectivity index (χ4n) is 8.02. The van der Waals surface area contributed by atoms with Crippen molar-refractivity contribution in [2.45, 2.75) is 94.2 Å². The summed E-state index contributed by atoms with van der Waals surface area (Å²) in [6.45, 7) is 1.97. The van der Waals surface area contributed by atoms with E-state index in [1.165, 1.54) is 0 Å². The van der Waals surface area contributed by atoms with Crippen molar-refractivity contribution in [3.05, 3.63) is 71.8 Å². The van der Waals surface area contributed by atoms with E-state index in [2.05, 4.69) is 10.6 Å². The van der Waals surface area contributed by atoms with Gasteiger partial charge in [0.05, 0.1) is 30.1 Å². The zero-order chi connectivity index (χ0) is 28.6. The number of carbonyl (C=O) groups is 3. The number of fused-ring (bicyclic) bond motifs is 1. The van der Waals surface area contributed by atoms with Crippen molar-refractivity contribution in [1.82, 2.24) is 15.5 Å². The number of benzene rings is 2. The first kappa shape index (κ1) is 27.9. The summed E-state index contributed by atoms with van der Waals surface area (Å²) in [6.07, 6.45) is 6.64. The Morgan fingerprint density at radius 3 is 2.29 bits per heavy atom. The smallest absolute Gasteiger partial charge is 0.246 e. The van der Waals surface area contributed by atoms with Gasteiger partial charge >= 0.3 is 0 Å². The Kier molecular flexibility index (Phi) is 7.64. The van der Waals surface area contributed by atoms with Gasteiger partial charge in [0.2, 0.25) is 17.7 Å². The van der Waals surface area contributed by atoms with Gasteiger partial charge in [-0.05, 0) is 50.2 Å². The van der Waals surface area contributed by atoms with E-state index in [0.29, 0.717) is 25.8 Å². The molecule has 6 rings (SSSR count). The van der Waals surface area contributed by atoms with Gasteiger partial charge in [0, 0.05) is 12.6 Å². The standard InChI is InChI=1S/C33H41N3O5/c1-32-17-18-33(41-32)27(26(32)29(38)34-20-23-13-7-3-8-14-23)31(40)36(25(21-37)19-22-11-5-2-6-12-22)28(33)30(39)35-24-15-9-4-10-16-24/h2-3,5-8,11-14,24-28,37H,4,9-10,15-21H2,1H3,(H,34,38)(H,35,39)/t25-,26-,27+,28?,32+,33?/m1/s1. The van der Waals surface area contributed by atoms with Gasteiger partial charge in [-0.15, -0.1) is 0 Å². The molecule has 3 N–H and O–H groups in total. The normalized spacial score (nSPS) is 31.6. The van der Waals surface area contributed by atoms with Crippen LogP contribution >= 0.6 is 0 Å². The molecule has 1 saturated carbocycles. The van der Waals surface area contributed by atoms with E-state index in [-0.39, 0.29) is 30.4 Å². The molecular weight excluding hydrogens is 518 g/mol. The third kappa shape index (κ3) is 4.95. The Morgan fingerprint density at radius 1 is 0.976 bits per heavy atom. The zero-order valence-electron chi connectivity index (χ0n) is 23.8. The molecule has 2 aromatic carbocycles. The van der Waals surface area contributed by atoms with Crippen molar-refractivity contribution < 1.29 is 24.2 Å². The van der Waals surface area contributed by atoms with Crippen LogP contribution in [-0.4, -0.2) is 63.7 Å². The van der Waals surface area contributed by atoms with E-state index in [9.17, 15) is 19.5 Å². The summed E-state index contributed by atoms with van der Waals surface area (Å²) >= 11 is 0. The summed E-state index contributed by atoms with van der Waals surface area (Å²) < 4.78 is 6.76. The molecule has 218 valence electrons. The van der Waals surface area contributed by atoms with Crippen molar-refractivity contribution >= 4 is 17.7 Å². The second-order valence-electron chi connectivity index (χ2n) is 12.5. The number of hydrogen-bond donors (Lipinski definition) is 3. The first-order valence-corrected chi connectivity index (χ1v) is 15.2. The number of carbonyl (C=O) groups excluding carboxylic acids is 3. The van der Waals surface area contributed by atoms with Gasteiger partial charge in [-0.2, -0.15) is 0 Å². The van der Waals surface area contributed by atoms with Crippen LogP contribution in [0, 0.1) is 11.8 Å². The molecule has 3 heterocycles. The summed E-state index contributed by atoms with van der Waals surface area (Å²) in [5, 5.41) is 16.9. The third-order valence-electron chi connectivity index (χ3n) is 9.92. The van der Waals surface area contributed by atoms with Crippen molar-refractivity contribution in [2.75, 3.05) is 6.61 Å². The average Bonchev–Trinajstić information content (AvgIpc) is 3.57. The van der Waals surface area contributed by atoms with E-state index in [1.807, 2.05) is 67.6 Å². The molecule has 4 fully saturated rings. The van der Waals surface area contributed by atoms with Crippen molar-refractivity contribution in [3.8, 4) is 0 Å². The molecule has 2 unspecified atom stereocenters. The van der Waals surface area contributed by atoms with E-state index >= 15 is 0 Å². The number of likely N-dealkylation sites (tertiary alicyclic amines) is 1.